The number of para-hydroxylation sites is 2. The number of nitrogens with zero attached hydrogens (tertiary/aromatic N) is 6. The van der Waals surface area contributed by atoms with E-state index in [0.29, 0.717) is 22.8 Å². The molecular formula is C46H28N6. The van der Waals surface area contributed by atoms with Crippen LogP contribution in [-0.4, -0.2) is 29.1 Å². The van der Waals surface area contributed by atoms with E-state index in [-0.39, 0.29) is 0 Å². The first-order valence-corrected chi connectivity index (χ1v) is 17.4. The third kappa shape index (κ3) is 4.31. The zero-order valence-corrected chi connectivity index (χ0v) is 27.8. The van der Waals surface area contributed by atoms with Gasteiger partial charge < -0.3 is 4.57 Å². The fraction of sp³-hybridized carbons (Fsp3) is 0. The zero-order valence-electron chi connectivity index (χ0n) is 27.8. The molecule has 0 N–H and O–H groups in total. The first kappa shape index (κ1) is 28.6. The van der Waals surface area contributed by atoms with Crippen molar-refractivity contribution in [2.24, 2.45) is 0 Å². The van der Waals surface area contributed by atoms with E-state index in [1.54, 1.807) is 12.4 Å². The van der Waals surface area contributed by atoms with Crippen LogP contribution in [0.5, 0.6) is 0 Å². The highest BCUT2D eigenvalue weighted by Crippen LogP contribution is 2.39. The van der Waals surface area contributed by atoms with Gasteiger partial charge >= 0.3 is 0 Å². The highest BCUT2D eigenvalue weighted by Gasteiger charge is 2.21. The number of hydrogen-bond acceptors (Lipinski definition) is 4. The fourth-order valence-electron chi connectivity index (χ4n) is 7.84. The zero-order chi connectivity index (χ0) is 34.2. The Hall–Kier alpha value is -7.18. The minimum Gasteiger partial charge on any atom is -0.309 e. The Labute approximate surface area is 297 Å². The minimum atomic E-state index is 0.547. The fourth-order valence-corrected chi connectivity index (χ4v) is 7.84. The van der Waals surface area contributed by atoms with Crippen molar-refractivity contribution in [2.45, 2.75) is 0 Å². The molecule has 0 unspecified atom stereocenters. The predicted octanol–water partition coefficient (Wildman–Crippen LogP) is 11.1. The molecule has 52 heavy (non-hydrogen) atoms. The van der Waals surface area contributed by atoms with Gasteiger partial charge in [-0.15, -0.1) is 0 Å². The lowest BCUT2D eigenvalue weighted by molar-refractivity contribution is 1.05. The van der Waals surface area contributed by atoms with Crippen LogP contribution in [0.25, 0.3) is 99.6 Å². The highest BCUT2D eigenvalue weighted by atomic mass is 15.1. The second kappa shape index (κ2) is 11.2. The standard InChI is InChI=1S/C46H28N6/c1-3-11-29(12-4-1)32-19-21-41-37(26-32)38-25-30-13-7-8-14-31(30)28-42(38)52(41)46-43-45(48-24-23-47-43)49-44(50-46)33-20-22-40-36(27-33)35-17-9-10-18-39(35)51(40)34-15-5-2-6-16-34/h1-28H. The van der Waals surface area contributed by atoms with Gasteiger partial charge in [0.25, 0.3) is 0 Å². The monoisotopic (exact) mass is 664 g/mol. The minimum absolute atomic E-state index is 0.547. The predicted molar refractivity (Wildman–Crippen MR) is 212 cm³/mol. The van der Waals surface area contributed by atoms with Crippen LogP contribution in [0.4, 0.5) is 0 Å². The van der Waals surface area contributed by atoms with E-state index in [0.717, 1.165) is 60.4 Å². The van der Waals surface area contributed by atoms with Crippen molar-refractivity contribution < 1.29 is 0 Å². The highest BCUT2D eigenvalue weighted by molar-refractivity contribution is 6.15. The SMILES string of the molecule is c1ccc(-c2ccc3c(c2)c2cc4ccccc4cc2n3-c2nc(-c3ccc4c(c3)c3ccccc3n4-c3ccccc3)nc3nccnc23)cc1. The van der Waals surface area contributed by atoms with E-state index in [9.17, 15) is 0 Å². The molecule has 11 rings (SSSR count). The number of hydrogen-bond donors (Lipinski definition) is 0. The first-order valence-electron chi connectivity index (χ1n) is 17.4. The quantitative estimate of drug-likeness (QED) is 0.188. The maximum atomic E-state index is 5.37. The molecule has 0 atom stereocenters. The Morgan fingerprint density at radius 3 is 1.85 bits per heavy atom. The van der Waals surface area contributed by atoms with Gasteiger partial charge in [0.05, 0.1) is 22.1 Å². The molecular weight excluding hydrogens is 637 g/mol. The van der Waals surface area contributed by atoms with Gasteiger partial charge in [-0.3, -0.25) is 4.57 Å². The number of aromatic nitrogens is 6. The molecule has 11 aromatic rings. The summed E-state index contributed by atoms with van der Waals surface area (Å²) in [7, 11) is 0. The molecule has 0 aliphatic carbocycles. The van der Waals surface area contributed by atoms with Gasteiger partial charge in [0.15, 0.2) is 22.8 Å². The van der Waals surface area contributed by atoms with Crippen LogP contribution in [-0.2, 0) is 0 Å². The summed E-state index contributed by atoms with van der Waals surface area (Å²) in [5, 5.41) is 6.96. The van der Waals surface area contributed by atoms with Crippen LogP contribution in [0.3, 0.4) is 0 Å². The summed E-state index contributed by atoms with van der Waals surface area (Å²) in [6, 6.07) is 55.9. The number of rotatable bonds is 4. The van der Waals surface area contributed by atoms with Crippen molar-refractivity contribution >= 4 is 65.5 Å². The lowest BCUT2D eigenvalue weighted by Gasteiger charge is -2.12. The van der Waals surface area contributed by atoms with Gasteiger partial charge in [-0.05, 0) is 82.6 Å². The van der Waals surface area contributed by atoms with Crippen LogP contribution in [0.2, 0.25) is 0 Å². The molecule has 0 aliphatic heterocycles. The molecule has 0 aliphatic rings. The molecule has 6 nitrogen and oxygen atoms in total. The molecule has 4 aromatic heterocycles. The lowest BCUT2D eigenvalue weighted by Crippen LogP contribution is -2.04. The van der Waals surface area contributed by atoms with E-state index in [4.69, 9.17) is 19.9 Å². The van der Waals surface area contributed by atoms with E-state index in [1.165, 1.54) is 16.3 Å². The molecule has 4 heterocycles. The molecule has 242 valence electrons. The second-order valence-electron chi connectivity index (χ2n) is 13.2. The Morgan fingerprint density at radius 1 is 0.385 bits per heavy atom. The molecule has 0 saturated heterocycles. The average Bonchev–Trinajstić information content (AvgIpc) is 3.71. The maximum Gasteiger partial charge on any atom is 0.184 e. The average molecular weight is 665 g/mol. The smallest absolute Gasteiger partial charge is 0.184 e. The molecule has 0 spiro atoms. The Morgan fingerprint density at radius 2 is 1.00 bits per heavy atom. The van der Waals surface area contributed by atoms with Crippen molar-refractivity contribution in [1.29, 1.82) is 0 Å². The van der Waals surface area contributed by atoms with Crippen molar-refractivity contribution in [3.05, 3.63) is 170 Å². The number of benzene rings is 7. The molecule has 6 heteroatoms. The van der Waals surface area contributed by atoms with Crippen molar-refractivity contribution in [2.75, 3.05) is 0 Å². The molecule has 0 amide bonds. The van der Waals surface area contributed by atoms with Crippen molar-refractivity contribution in [3.8, 4) is 34.0 Å². The van der Waals surface area contributed by atoms with Gasteiger partial charge in [0.2, 0.25) is 0 Å². The van der Waals surface area contributed by atoms with Crippen LogP contribution < -0.4 is 0 Å². The summed E-state index contributed by atoms with van der Waals surface area (Å²) in [4.78, 5) is 20.0. The molecule has 0 bridgehead atoms. The second-order valence-corrected chi connectivity index (χ2v) is 13.2. The Kier molecular flexibility index (Phi) is 6.15. The van der Waals surface area contributed by atoms with Crippen molar-refractivity contribution in [3.63, 3.8) is 0 Å². The van der Waals surface area contributed by atoms with E-state index < -0.39 is 0 Å². The molecule has 7 aromatic carbocycles. The number of fused-ring (bicyclic) bond motifs is 8. The van der Waals surface area contributed by atoms with Gasteiger partial charge in [-0.1, -0.05) is 97.1 Å². The molecule has 0 radical (unpaired) electrons. The van der Waals surface area contributed by atoms with Gasteiger partial charge in [0.1, 0.15) is 0 Å². The Bertz CT molecular complexity index is 3180. The maximum absolute atomic E-state index is 5.37. The normalized spacial score (nSPS) is 11.8. The summed E-state index contributed by atoms with van der Waals surface area (Å²) >= 11 is 0. The molecule has 0 fully saturated rings. The van der Waals surface area contributed by atoms with Gasteiger partial charge in [-0.2, -0.15) is 0 Å². The molecule has 0 saturated carbocycles. The van der Waals surface area contributed by atoms with Crippen LogP contribution >= 0.6 is 0 Å². The van der Waals surface area contributed by atoms with Crippen molar-refractivity contribution in [1.82, 2.24) is 29.1 Å². The summed E-state index contributed by atoms with van der Waals surface area (Å²) in [6.45, 7) is 0. The van der Waals surface area contributed by atoms with E-state index >= 15 is 0 Å². The van der Waals surface area contributed by atoms with Gasteiger partial charge in [-0.25, -0.2) is 19.9 Å². The third-order valence-electron chi connectivity index (χ3n) is 10.2. The topological polar surface area (TPSA) is 61.4 Å². The summed E-state index contributed by atoms with van der Waals surface area (Å²) < 4.78 is 4.56. The third-order valence-corrected chi connectivity index (χ3v) is 10.2. The van der Waals surface area contributed by atoms with Crippen LogP contribution in [0.1, 0.15) is 0 Å². The first-order chi connectivity index (χ1) is 25.8. The van der Waals surface area contributed by atoms with Crippen LogP contribution in [0, 0.1) is 0 Å². The Balaban J connectivity index is 1.19. The van der Waals surface area contributed by atoms with Crippen LogP contribution in [0.15, 0.2) is 170 Å². The van der Waals surface area contributed by atoms with E-state index in [2.05, 4.69) is 167 Å². The van der Waals surface area contributed by atoms with Gasteiger partial charge in [0, 0.05) is 45.2 Å². The largest absolute Gasteiger partial charge is 0.309 e. The summed E-state index contributed by atoms with van der Waals surface area (Å²) in [5.41, 5.74) is 9.94. The summed E-state index contributed by atoms with van der Waals surface area (Å²) in [6.07, 6.45) is 3.42. The summed E-state index contributed by atoms with van der Waals surface area (Å²) in [5.74, 6) is 1.29. The lowest BCUT2D eigenvalue weighted by atomic mass is 10.0. The van der Waals surface area contributed by atoms with E-state index in [1.807, 2.05) is 0 Å².